The van der Waals surface area contributed by atoms with Crippen molar-refractivity contribution >= 4 is 0 Å². The lowest BCUT2D eigenvalue weighted by Crippen LogP contribution is -2.45. The number of hydrogen-bond acceptors (Lipinski definition) is 1. The molecule has 0 amide bonds. The van der Waals surface area contributed by atoms with Crippen molar-refractivity contribution in [3.05, 3.63) is 0 Å². The maximum atomic E-state index is 3.70. The average Bonchev–Trinajstić information content (AvgIpc) is 2.18. The summed E-state index contributed by atoms with van der Waals surface area (Å²) in [5.74, 6) is 3.51. The van der Waals surface area contributed by atoms with Gasteiger partial charge in [-0.15, -0.1) is 0 Å². The summed E-state index contributed by atoms with van der Waals surface area (Å²) in [7, 11) is 0. The van der Waals surface area contributed by atoms with Gasteiger partial charge in [-0.05, 0) is 36.6 Å². The maximum absolute atomic E-state index is 3.70. The van der Waals surface area contributed by atoms with Crippen LogP contribution in [0.5, 0.6) is 0 Å². The highest BCUT2D eigenvalue weighted by Gasteiger charge is 2.32. The first-order valence-electron chi connectivity index (χ1n) is 6.79. The summed E-state index contributed by atoms with van der Waals surface area (Å²) in [6.07, 6.45) is 4.30. The van der Waals surface area contributed by atoms with E-state index in [0.29, 0.717) is 0 Å². The standard InChI is InChI=1S/C14H29N/c1-6-15-14(10(2)3)13-9-11(4)7-8-12(13)5/h10-15H,6-9H2,1-5H3. The smallest absolute Gasteiger partial charge is 0.0121 e. The van der Waals surface area contributed by atoms with E-state index in [1.54, 1.807) is 0 Å². The predicted octanol–water partition coefficient (Wildman–Crippen LogP) is 3.69. The summed E-state index contributed by atoms with van der Waals surface area (Å²) in [5.41, 5.74) is 0. The van der Waals surface area contributed by atoms with Crippen molar-refractivity contribution in [2.75, 3.05) is 6.54 Å². The van der Waals surface area contributed by atoms with Crippen molar-refractivity contribution < 1.29 is 0 Å². The average molecular weight is 211 g/mol. The van der Waals surface area contributed by atoms with Gasteiger partial charge in [-0.1, -0.05) is 47.5 Å². The van der Waals surface area contributed by atoms with Crippen molar-refractivity contribution in [3.8, 4) is 0 Å². The zero-order valence-electron chi connectivity index (χ0n) is 11.2. The molecule has 4 atom stereocenters. The number of nitrogens with one attached hydrogen (secondary N) is 1. The maximum Gasteiger partial charge on any atom is 0.0121 e. The van der Waals surface area contributed by atoms with E-state index in [1.807, 2.05) is 0 Å². The molecule has 0 aromatic heterocycles. The quantitative estimate of drug-likeness (QED) is 0.748. The molecule has 0 aromatic rings. The molecule has 0 saturated heterocycles. The molecule has 4 unspecified atom stereocenters. The third-order valence-electron chi connectivity index (χ3n) is 4.14. The summed E-state index contributed by atoms with van der Waals surface area (Å²) in [4.78, 5) is 0. The van der Waals surface area contributed by atoms with Gasteiger partial charge in [0, 0.05) is 6.04 Å². The van der Waals surface area contributed by atoms with Crippen molar-refractivity contribution in [2.24, 2.45) is 23.7 Å². The Morgan fingerprint density at radius 2 is 1.87 bits per heavy atom. The zero-order chi connectivity index (χ0) is 11.4. The molecular formula is C14H29N. The van der Waals surface area contributed by atoms with Gasteiger partial charge in [-0.3, -0.25) is 0 Å². The van der Waals surface area contributed by atoms with Crippen LogP contribution in [0.15, 0.2) is 0 Å². The van der Waals surface area contributed by atoms with Gasteiger partial charge >= 0.3 is 0 Å². The summed E-state index contributed by atoms with van der Waals surface area (Å²) >= 11 is 0. The molecule has 0 spiro atoms. The second kappa shape index (κ2) is 5.89. The van der Waals surface area contributed by atoms with Crippen LogP contribution in [0.25, 0.3) is 0 Å². The molecule has 1 nitrogen and oxygen atoms in total. The number of rotatable bonds is 4. The lowest BCUT2D eigenvalue weighted by molar-refractivity contribution is 0.133. The third-order valence-corrected chi connectivity index (χ3v) is 4.14. The minimum Gasteiger partial charge on any atom is -0.314 e. The van der Waals surface area contributed by atoms with Crippen LogP contribution >= 0.6 is 0 Å². The van der Waals surface area contributed by atoms with Crippen LogP contribution < -0.4 is 5.32 Å². The molecular weight excluding hydrogens is 182 g/mol. The van der Waals surface area contributed by atoms with Gasteiger partial charge in [0.25, 0.3) is 0 Å². The van der Waals surface area contributed by atoms with Gasteiger partial charge in [0.2, 0.25) is 0 Å². The van der Waals surface area contributed by atoms with Crippen LogP contribution in [0.3, 0.4) is 0 Å². The van der Waals surface area contributed by atoms with Gasteiger partial charge in [-0.25, -0.2) is 0 Å². The monoisotopic (exact) mass is 211 g/mol. The summed E-state index contributed by atoms with van der Waals surface area (Å²) in [5, 5.41) is 3.70. The molecule has 0 radical (unpaired) electrons. The van der Waals surface area contributed by atoms with Crippen LogP contribution in [0.1, 0.15) is 53.9 Å². The van der Waals surface area contributed by atoms with E-state index in [2.05, 4.69) is 39.9 Å². The molecule has 0 heterocycles. The van der Waals surface area contributed by atoms with E-state index in [1.165, 1.54) is 19.3 Å². The Morgan fingerprint density at radius 3 is 2.40 bits per heavy atom. The molecule has 0 aliphatic heterocycles. The summed E-state index contributed by atoms with van der Waals surface area (Å²) in [6.45, 7) is 12.9. The van der Waals surface area contributed by atoms with Crippen molar-refractivity contribution in [1.82, 2.24) is 5.32 Å². The second-order valence-corrected chi connectivity index (χ2v) is 5.89. The Labute approximate surface area is 96.0 Å². The first kappa shape index (κ1) is 13.0. The van der Waals surface area contributed by atoms with E-state index in [0.717, 1.165) is 36.3 Å². The van der Waals surface area contributed by atoms with Crippen molar-refractivity contribution in [2.45, 2.75) is 59.9 Å². The Bertz CT molecular complexity index is 176. The zero-order valence-corrected chi connectivity index (χ0v) is 11.2. The first-order chi connectivity index (χ1) is 7.06. The van der Waals surface area contributed by atoms with Crippen LogP contribution in [-0.4, -0.2) is 12.6 Å². The van der Waals surface area contributed by atoms with Crippen molar-refractivity contribution in [3.63, 3.8) is 0 Å². The lowest BCUT2D eigenvalue weighted by Gasteiger charge is -2.40. The first-order valence-corrected chi connectivity index (χ1v) is 6.79. The molecule has 1 N–H and O–H groups in total. The SMILES string of the molecule is CCNC(C(C)C)C1CC(C)CCC1C. The van der Waals surface area contributed by atoms with Gasteiger partial charge in [0.1, 0.15) is 0 Å². The van der Waals surface area contributed by atoms with Crippen molar-refractivity contribution in [1.29, 1.82) is 0 Å². The highest BCUT2D eigenvalue weighted by molar-refractivity contribution is 4.86. The van der Waals surface area contributed by atoms with Crippen LogP contribution in [0, 0.1) is 23.7 Å². The molecule has 1 heteroatoms. The highest BCUT2D eigenvalue weighted by Crippen LogP contribution is 2.37. The number of hydrogen-bond donors (Lipinski definition) is 1. The summed E-state index contributed by atoms with van der Waals surface area (Å²) in [6, 6.07) is 0.729. The van der Waals surface area contributed by atoms with Gasteiger partial charge in [0.15, 0.2) is 0 Å². The fourth-order valence-corrected chi connectivity index (χ4v) is 3.19. The lowest BCUT2D eigenvalue weighted by atomic mass is 9.70. The fourth-order valence-electron chi connectivity index (χ4n) is 3.19. The van der Waals surface area contributed by atoms with Crippen LogP contribution in [0.4, 0.5) is 0 Å². The minimum absolute atomic E-state index is 0.729. The molecule has 1 aliphatic rings. The highest BCUT2D eigenvalue weighted by atomic mass is 14.9. The Kier molecular flexibility index (Phi) is 5.11. The summed E-state index contributed by atoms with van der Waals surface area (Å²) < 4.78 is 0. The van der Waals surface area contributed by atoms with E-state index in [4.69, 9.17) is 0 Å². The largest absolute Gasteiger partial charge is 0.314 e. The Hall–Kier alpha value is -0.0400. The fraction of sp³-hybridized carbons (Fsp3) is 1.00. The van der Waals surface area contributed by atoms with Gasteiger partial charge in [0.05, 0.1) is 0 Å². The third kappa shape index (κ3) is 3.48. The predicted molar refractivity (Wildman–Crippen MR) is 68.0 cm³/mol. The molecule has 0 aromatic carbocycles. The van der Waals surface area contributed by atoms with E-state index in [-0.39, 0.29) is 0 Å². The molecule has 0 bridgehead atoms. The van der Waals surface area contributed by atoms with Crippen LogP contribution in [0.2, 0.25) is 0 Å². The molecule has 1 aliphatic carbocycles. The van der Waals surface area contributed by atoms with E-state index >= 15 is 0 Å². The normalized spacial score (nSPS) is 34.4. The molecule has 1 saturated carbocycles. The second-order valence-electron chi connectivity index (χ2n) is 5.89. The minimum atomic E-state index is 0.729. The molecule has 15 heavy (non-hydrogen) atoms. The molecule has 1 rings (SSSR count). The van der Waals surface area contributed by atoms with Gasteiger partial charge < -0.3 is 5.32 Å². The molecule has 1 fully saturated rings. The van der Waals surface area contributed by atoms with Crippen LogP contribution in [-0.2, 0) is 0 Å². The van der Waals surface area contributed by atoms with Gasteiger partial charge in [-0.2, -0.15) is 0 Å². The topological polar surface area (TPSA) is 12.0 Å². The Morgan fingerprint density at radius 1 is 1.20 bits per heavy atom. The molecule has 90 valence electrons. The van der Waals surface area contributed by atoms with E-state index in [9.17, 15) is 0 Å². The Balaban J connectivity index is 2.62. The van der Waals surface area contributed by atoms with E-state index < -0.39 is 0 Å².